The van der Waals surface area contributed by atoms with E-state index in [4.69, 9.17) is 0 Å². The van der Waals surface area contributed by atoms with Crippen LogP contribution in [0.1, 0.15) is 36.4 Å². The summed E-state index contributed by atoms with van der Waals surface area (Å²) in [7, 11) is 0. The molecule has 1 aliphatic rings. The van der Waals surface area contributed by atoms with Crippen LogP contribution in [0, 0.1) is 5.82 Å². The molecule has 0 radical (unpaired) electrons. The zero-order chi connectivity index (χ0) is 16.4. The van der Waals surface area contributed by atoms with Gasteiger partial charge in [-0.15, -0.1) is 0 Å². The highest BCUT2D eigenvalue weighted by Gasteiger charge is 2.35. The lowest BCUT2D eigenvalue weighted by molar-refractivity contribution is 0.0713. The smallest absolute Gasteiger partial charge is 0.123 e. The Balaban J connectivity index is 2.05. The molecule has 2 aromatic carbocycles. The molecule has 0 amide bonds. The molecule has 0 aromatic heterocycles. The molecule has 122 valence electrons. The maximum absolute atomic E-state index is 13.7. The van der Waals surface area contributed by atoms with Crippen LogP contribution >= 0.6 is 0 Å². The first-order valence-electron chi connectivity index (χ1n) is 8.05. The van der Waals surface area contributed by atoms with Crippen LogP contribution in [0.2, 0.25) is 0 Å². The van der Waals surface area contributed by atoms with E-state index in [2.05, 4.69) is 17.9 Å². The van der Waals surface area contributed by atoms with Crippen LogP contribution in [0.4, 0.5) is 10.1 Å². The van der Waals surface area contributed by atoms with Crippen LogP contribution in [-0.4, -0.2) is 29.5 Å². The number of fused-ring (bicyclic) bond motifs is 1. The topological polar surface area (TPSA) is 43.7 Å². The highest BCUT2D eigenvalue weighted by atomic mass is 19.1. The molecule has 0 spiro atoms. The van der Waals surface area contributed by atoms with Crippen molar-refractivity contribution in [3.8, 4) is 0 Å². The molecule has 3 rings (SSSR count). The zero-order valence-electron chi connectivity index (χ0n) is 13.2. The van der Waals surface area contributed by atoms with Crippen molar-refractivity contribution in [2.24, 2.45) is 0 Å². The number of aliphatic hydroxyl groups is 2. The average molecular weight is 315 g/mol. The number of hydrogen-bond donors (Lipinski definition) is 2. The van der Waals surface area contributed by atoms with Crippen molar-refractivity contribution >= 4 is 5.69 Å². The summed E-state index contributed by atoms with van der Waals surface area (Å²) in [5, 5.41) is 19.9. The number of aliphatic hydroxyl groups excluding tert-OH is 2. The van der Waals surface area contributed by atoms with Gasteiger partial charge in [0.15, 0.2) is 0 Å². The maximum atomic E-state index is 13.7. The lowest BCUT2D eigenvalue weighted by Gasteiger charge is -2.34. The van der Waals surface area contributed by atoms with Gasteiger partial charge >= 0.3 is 0 Å². The van der Waals surface area contributed by atoms with Gasteiger partial charge in [-0.2, -0.15) is 0 Å². The van der Waals surface area contributed by atoms with Crippen LogP contribution in [-0.2, 0) is 0 Å². The van der Waals surface area contributed by atoms with E-state index < -0.39 is 12.1 Å². The van der Waals surface area contributed by atoms with Crippen LogP contribution in [0.15, 0.2) is 48.5 Å². The molecular formula is C19H22FNO2. The van der Waals surface area contributed by atoms with Gasteiger partial charge in [-0.3, -0.25) is 0 Å². The Bertz CT molecular complexity index is 676. The molecule has 0 saturated carbocycles. The zero-order valence-corrected chi connectivity index (χ0v) is 13.2. The van der Waals surface area contributed by atoms with Gasteiger partial charge in [0.2, 0.25) is 0 Å². The monoisotopic (exact) mass is 315 g/mol. The fourth-order valence-electron chi connectivity index (χ4n) is 3.54. The number of anilines is 1. The molecule has 0 aliphatic carbocycles. The van der Waals surface area contributed by atoms with Crippen molar-refractivity contribution in [2.45, 2.75) is 31.4 Å². The lowest BCUT2D eigenvalue weighted by atomic mass is 9.99. The first-order valence-corrected chi connectivity index (χ1v) is 8.05. The first-order chi connectivity index (χ1) is 11.2. The summed E-state index contributed by atoms with van der Waals surface area (Å²) in [5.41, 5.74) is 2.99. The molecule has 1 heterocycles. The largest absolute Gasteiger partial charge is 0.394 e. The molecule has 0 saturated heterocycles. The third-order valence-electron chi connectivity index (χ3n) is 4.67. The van der Waals surface area contributed by atoms with E-state index in [1.54, 1.807) is 12.1 Å². The second kappa shape index (κ2) is 6.69. The van der Waals surface area contributed by atoms with Crippen molar-refractivity contribution in [3.63, 3.8) is 0 Å². The summed E-state index contributed by atoms with van der Waals surface area (Å²) < 4.78 is 13.7. The normalized spacial score (nSPS) is 19.5. The summed E-state index contributed by atoms with van der Waals surface area (Å²) in [6, 6.07) is 13.9. The fraction of sp³-hybridized carbons (Fsp3) is 0.368. The molecule has 1 unspecified atom stereocenters. The highest BCUT2D eigenvalue weighted by Crippen LogP contribution is 2.43. The van der Waals surface area contributed by atoms with Gasteiger partial charge < -0.3 is 15.1 Å². The van der Waals surface area contributed by atoms with Crippen molar-refractivity contribution in [3.05, 3.63) is 65.5 Å². The number of benzene rings is 2. The van der Waals surface area contributed by atoms with E-state index >= 15 is 0 Å². The summed E-state index contributed by atoms with van der Waals surface area (Å²) in [6.45, 7) is 2.54. The van der Waals surface area contributed by atoms with Crippen molar-refractivity contribution in [1.82, 2.24) is 0 Å². The number of hydrogen-bond acceptors (Lipinski definition) is 3. The molecule has 4 heteroatoms. The molecule has 3 nitrogen and oxygen atoms in total. The minimum absolute atomic E-state index is 0.336. The Labute approximate surface area is 136 Å². The van der Waals surface area contributed by atoms with E-state index in [0.29, 0.717) is 11.5 Å². The van der Waals surface area contributed by atoms with Gasteiger partial charge in [-0.1, -0.05) is 37.3 Å². The van der Waals surface area contributed by atoms with Gasteiger partial charge in [-0.05, 0) is 35.7 Å². The number of nitrogens with zero attached hydrogens (tertiary/aromatic N) is 1. The molecule has 3 atom stereocenters. The van der Waals surface area contributed by atoms with Crippen LogP contribution in [0.25, 0.3) is 0 Å². The van der Waals surface area contributed by atoms with Gasteiger partial charge in [0.25, 0.3) is 0 Å². The highest BCUT2D eigenvalue weighted by molar-refractivity contribution is 5.62. The minimum Gasteiger partial charge on any atom is -0.394 e. The molecule has 1 aliphatic heterocycles. The van der Waals surface area contributed by atoms with E-state index in [-0.39, 0.29) is 12.4 Å². The minimum atomic E-state index is -0.972. The Kier molecular flexibility index (Phi) is 4.64. The van der Waals surface area contributed by atoms with Gasteiger partial charge in [0, 0.05) is 18.2 Å². The Hall–Kier alpha value is -1.91. The fourth-order valence-corrected chi connectivity index (χ4v) is 3.54. The van der Waals surface area contributed by atoms with E-state index in [9.17, 15) is 14.6 Å². The van der Waals surface area contributed by atoms with Gasteiger partial charge in [0.1, 0.15) is 11.9 Å². The van der Waals surface area contributed by atoms with Crippen LogP contribution in [0.3, 0.4) is 0 Å². The Morgan fingerprint density at radius 3 is 2.70 bits per heavy atom. The molecular weight excluding hydrogens is 293 g/mol. The van der Waals surface area contributed by atoms with E-state index in [1.165, 1.54) is 17.7 Å². The third-order valence-corrected chi connectivity index (χ3v) is 4.67. The first kappa shape index (κ1) is 16.0. The summed E-state index contributed by atoms with van der Waals surface area (Å²) in [6.07, 6.45) is 0.0268. The number of rotatable bonds is 5. The molecule has 23 heavy (non-hydrogen) atoms. The summed E-state index contributed by atoms with van der Waals surface area (Å²) >= 11 is 0. The third kappa shape index (κ3) is 2.96. The van der Waals surface area contributed by atoms with Crippen LogP contribution < -0.4 is 4.90 Å². The Morgan fingerprint density at radius 1 is 1.22 bits per heavy atom. The van der Waals surface area contributed by atoms with E-state index in [0.717, 1.165) is 18.7 Å². The quantitative estimate of drug-likeness (QED) is 0.890. The standard InChI is InChI=1S/C19H22FNO2/c1-2-13-11-21(17-9-4-3-8-16(13)17)19(18(23)12-22)14-6-5-7-15(20)10-14/h3-10,13,18-19,22-23H,2,11-12H2,1H3/t13?,18-,19+/m1/s1. The second-order valence-corrected chi connectivity index (χ2v) is 6.07. The lowest BCUT2D eigenvalue weighted by Crippen LogP contribution is -2.38. The number of halogens is 1. The Morgan fingerprint density at radius 2 is 2.00 bits per heavy atom. The predicted molar refractivity (Wildman–Crippen MR) is 89.1 cm³/mol. The van der Waals surface area contributed by atoms with Crippen molar-refractivity contribution < 1.29 is 14.6 Å². The molecule has 2 aromatic rings. The average Bonchev–Trinajstić information content (AvgIpc) is 2.94. The van der Waals surface area contributed by atoms with E-state index in [1.807, 2.05) is 18.2 Å². The van der Waals surface area contributed by atoms with Crippen molar-refractivity contribution in [2.75, 3.05) is 18.1 Å². The number of para-hydroxylation sites is 1. The summed E-state index contributed by atoms with van der Waals surface area (Å²) in [4.78, 5) is 2.10. The molecule has 0 fully saturated rings. The van der Waals surface area contributed by atoms with Gasteiger partial charge in [-0.25, -0.2) is 4.39 Å². The molecule has 0 bridgehead atoms. The second-order valence-electron chi connectivity index (χ2n) is 6.07. The van der Waals surface area contributed by atoms with Crippen LogP contribution in [0.5, 0.6) is 0 Å². The predicted octanol–water partition coefficient (Wildman–Crippen LogP) is 3.23. The SMILES string of the molecule is CCC1CN([C@@H](c2cccc(F)c2)[C@H](O)CO)c2ccccc21. The molecule has 2 N–H and O–H groups in total. The van der Waals surface area contributed by atoms with Gasteiger partial charge in [0.05, 0.1) is 12.6 Å². The maximum Gasteiger partial charge on any atom is 0.123 e. The van der Waals surface area contributed by atoms with Crippen molar-refractivity contribution in [1.29, 1.82) is 0 Å². The summed E-state index contributed by atoms with van der Waals surface area (Å²) in [5.74, 6) is 0.0466.